The van der Waals surface area contributed by atoms with Crippen LogP contribution in [0.5, 0.6) is 0 Å². The van der Waals surface area contributed by atoms with Gasteiger partial charge in [-0.3, -0.25) is 0 Å². The van der Waals surface area contributed by atoms with Crippen molar-refractivity contribution in [2.24, 2.45) is 0 Å². The number of carbonyl (C=O) groups excluding carboxylic acids is 1. The van der Waals surface area contributed by atoms with Crippen LogP contribution in [0.2, 0.25) is 0 Å². The largest absolute Gasteiger partial charge is 0.302 e. The molecule has 18 heavy (non-hydrogen) atoms. The molecule has 1 aromatic carbocycles. The van der Waals surface area contributed by atoms with Gasteiger partial charge in [-0.2, -0.15) is 0 Å². The highest BCUT2D eigenvalue weighted by molar-refractivity contribution is 7.10. The number of hydrogen-bond donors (Lipinski definition) is 0. The molecule has 92 valence electrons. The second-order valence-corrected chi connectivity index (χ2v) is 5.48. The molecule has 2 aromatic rings. The molecule has 0 aliphatic rings. The molecule has 1 nitrogen and oxygen atoms in total. The Kier molecular flexibility index (Phi) is 4.11. The van der Waals surface area contributed by atoms with E-state index in [9.17, 15) is 4.79 Å². The lowest BCUT2D eigenvalue weighted by molar-refractivity contribution is -0.111. The maximum Gasteiger partial charge on any atom is 0.131 e. The van der Waals surface area contributed by atoms with Crippen LogP contribution in [-0.2, 0) is 10.2 Å². The van der Waals surface area contributed by atoms with E-state index in [0.29, 0.717) is 0 Å². The molecular weight excluding hydrogens is 240 g/mol. The Labute approximate surface area is 112 Å². The first-order valence-corrected chi connectivity index (χ1v) is 6.84. The van der Waals surface area contributed by atoms with Gasteiger partial charge in [0.15, 0.2) is 0 Å². The molecule has 0 saturated heterocycles. The lowest BCUT2D eigenvalue weighted by Gasteiger charge is -2.19. The Morgan fingerprint density at radius 1 is 1.17 bits per heavy atom. The van der Waals surface area contributed by atoms with Crippen LogP contribution >= 0.6 is 11.3 Å². The van der Waals surface area contributed by atoms with Crippen molar-refractivity contribution in [3.05, 3.63) is 64.4 Å². The van der Waals surface area contributed by atoms with Gasteiger partial charge < -0.3 is 4.79 Å². The molecule has 0 unspecified atom stereocenters. The summed E-state index contributed by atoms with van der Waals surface area (Å²) in [5.41, 5.74) is 0.760. The fraction of sp³-hybridized carbons (Fsp3) is 0.188. The minimum atomic E-state index is -0.403. The topological polar surface area (TPSA) is 17.1 Å². The maximum atomic E-state index is 11.3. The molecule has 1 aromatic heterocycles. The fourth-order valence-electron chi connectivity index (χ4n) is 1.81. The third-order valence-electron chi connectivity index (χ3n) is 3.00. The van der Waals surface area contributed by atoms with Gasteiger partial charge in [-0.1, -0.05) is 48.6 Å². The lowest BCUT2D eigenvalue weighted by atomic mass is 9.86. The molecule has 0 amide bonds. The predicted molar refractivity (Wildman–Crippen MR) is 77.8 cm³/mol. The molecular formula is C16H16OS. The van der Waals surface area contributed by atoms with Gasteiger partial charge in [-0.15, -0.1) is 11.3 Å². The highest BCUT2D eigenvalue weighted by Crippen LogP contribution is 2.29. The first kappa shape index (κ1) is 12.8. The van der Waals surface area contributed by atoms with Crippen LogP contribution in [0.1, 0.15) is 23.8 Å². The van der Waals surface area contributed by atoms with E-state index in [1.54, 1.807) is 11.3 Å². The third kappa shape index (κ3) is 2.96. The molecule has 1 atom stereocenters. The summed E-state index contributed by atoms with van der Waals surface area (Å²) in [6, 6.07) is 14.1. The highest BCUT2D eigenvalue weighted by Gasteiger charge is 2.25. The summed E-state index contributed by atoms with van der Waals surface area (Å²) in [6.45, 7) is 1.99. The van der Waals surface area contributed by atoms with Crippen LogP contribution < -0.4 is 0 Å². The lowest BCUT2D eigenvalue weighted by Crippen LogP contribution is -2.21. The van der Waals surface area contributed by atoms with Crippen LogP contribution in [-0.4, -0.2) is 6.29 Å². The summed E-state index contributed by atoms with van der Waals surface area (Å²) in [4.78, 5) is 12.5. The average molecular weight is 256 g/mol. The van der Waals surface area contributed by atoms with E-state index in [4.69, 9.17) is 0 Å². The first-order valence-electron chi connectivity index (χ1n) is 5.96. The van der Waals surface area contributed by atoms with E-state index in [0.717, 1.165) is 23.1 Å². The van der Waals surface area contributed by atoms with Gasteiger partial charge in [0.25, 0.3) is 0 Å². The smallest absolute Gasteiger partial charge is 0.131 e. The number of allylic oxidation sites excluding steroid dienone is 1. The summed E-state index contributed by atoms with van der Waals surface area (Å²) in [6.07, 6.45) is 5.92. The summed E-state index contributed by atoms with van der Waals surface area (Å²) >= 11 is 1.64. The highest BCUT2D eigenvalue weighted by atomic mass is 32.1. The zero-order valence-corrected chi connectivity index (χ0v) is 11.2. The Balaban J connectivity index is 2.08. The Morgan fingerprint density at radius 3 is 2.56 bits per heavy atom. The molecule has 0 radical (unpaired) electrons. The van der Waals surface area contributed by atoms with Gasteiger partial charge in [-0.25, -0.2) is 0 Å². The molecule has 2 heteroatoms. The van der Waals surface area contributed by atoms with E-state index in [2.05, 4.69) is 24.3 Å². The van der Waals surface area contributed by atoms with Crippen LogP contribution in [0.4, 0.5) is 0 Å². The van der Waals surface area contributed by atoms with Crippen LogP contribution in [0, 0.1) is 0 Å². The zero-order chi connectivity index (χ0) is 12.8. The average Bonchev–Trinajstić information content (AvgIpc) is 2.94. The molecule has 0 saturated carbocycles. The van der Waals surface area contributed by atoms with E-state index in [1.807, 2.05) is 42.6 Å². The summed E-state index contributed by atoms with van der Waals surface area (Å²) in [5, 5.41) is 2.01. The van der Waals surface area contributed by atoms with Crippen molar-refractivity contribution >= 4 is 23.7 Å². The van der Waals surface area contributed by atoms with Crippen molar-refractivity contribution in [3.8, 4) is 0 Å². The number of aldehydes is 1. The van der Waals surface area contributed by atoms with Crippen molar-refractivity contribution in [3.63, 3.8) is 0 Å². The van der Waals surface area contributed by atoms with Crippen LogP contribution in [0.15, 0.2) is 53.9 Å². The van der Waals surface area contributed by atoms with Gasteiger partial charge in [0.1, 0.15) is 6.29 Å². The Morgan fingerprint density at radius 2 is 1.94 bits per heavy atom. The zero-order valence-electron chi connectivity index (χ0n) is 10.4. The molecule has 0 aliphatic carbocycles. The van der Waals surface area contributed by atoms with Crippen LogP contribution in [0.25, 0.3) is 6.08 Å². The second kappa shape index (κ2) is 5.78. The quantitative estimate of drug-likeness (QED) is 0.729. The summed E-state index contributed by atoms with van der Waals surface area (Å²) < 4.78 is 0. The van der Waals surface area contributed by atoms with Gasteiger partial charge in [0.2, 0.25) is 0 Å². The van der Waals surface area contributed by atoms with Crippen molar-refractivity contribution in [2.75, 3.05) is 0 Å². The SMILES string of the molecule is C[C@@](C=O)(C/C=C/c1ccccc1)c1cccs1. The Bertz CT molecular complexity index is 513. The molecule has 2 rings (SSSR count). The van der Waals surface area contributed by atoms with Crippen molar-refractivity contribution in [2.45, 2.75) is 18.8 Å². The number of rotatable bonds is 5. The predicted octanol–water partition coefficient (Wildman–Crippen LogP) is 4.31. The molecule has 0 aliphatic heterocycles. The van der Waals surface area contributed by atoms with Crippen LogP contribution in [0.3, 0.4) is 0 Å². The van der Waals surface area contributed by atoms with Crippen molar-refractivity contribution < 1.29 is 4.79 Å². The first-order chi connectivity index (χ1) is 8.74. The molecule has 0 fully saturated rings. The molecule has 0 spiro atoms. The molecule has 1 heterocycles. The second-order valence-electron chi connectivity index (χ2n) is 4.53. The summed E-state index contributed by atoms with van der Waals surface area (Å²) in [7, 11) is 0. The minimum Gasteiger partial charge on any atom is -0.302 e. The maximum absolute atomic E-state index is 11.3. The number of hydrogen-bond acceptors (Lipinski definition) is 2. The van der Waals surface area contributed by atoms with E-state index >= 15 is 0 Å². The monoisotopic (exact) mass is 256 g/mol. The number of benzene rings is 1. The Hall–Kier alpha value is -1.67. The standard InChI is InChI=1S/C16H16OS/c1-16(13-17,15-10-6-12-18-15)11-5-9-14-7-3-2-4-8-14/h2-10,12-13H,11H2,1H3/b9-5+/t16-/m0/s1. The van der Waals surface area contributed by atoms with E-state index in [-0.39, 0.29) is 0 Å². The molecule has 0 N–H and O–H groups in total. The van der Waals surface area contributed by atoms with Gasteiger partial charge in [-0.05, 0) is 30.4 Å². The normalized spacial score (nSPS) is 14.5. The van der Waals surface area contributed by atoms with E-state index in [1.165, 1.54) is 0 Å². The summed E-state index contributed by atoms with van der Waals surface area (Å²) in [5.74, 6) is 0. The van der Waals surface area contributed by atoms with Gasteiger partial charge in [0.05, 0.1) is 5.41 Å². The minimum absolute atomic E-state index is 0.403. The van der Waals surface area contributed by atoms with Gasteiger partial charge in [0, 0.05) is 4.88 Å². The molecule has 0 bridgehead atoms. The fourth-order valence-corrected chi connectivity index (χ4v) is 2.68. The van der Waals surface area contributed by atoms with Gasteiger partial charge >= 0.3 is 0 Å². The number of carbonyl (C=O) groups is 1. The van der Waals surface area contributed by atoms with Crippen molar-refractivity contribution in [1.29, 1.82) is 0 Å². The number of thiophene rings is 1. The van der Waals surface area contributed by atoms with E-state index < -0.39 is 5.41 Å². The van der Waals surface area contributed by atoms with Crippen molar-refractivity contribution in [1.82, 2.24) is 0 Å². The third-order valence-corrected chi connectivity index (χ3v) is 4.15.